The lowest BCUT2D eigenvalue weighted by molar-refractivity contribution is -0.138. The van der Waals surface area contributed by atoms with E-state index in [1.54, 1.807) is 13.8 Å². The first-order valence-electron chi connectivity index (χ1n) is 8.88. The lowest BCUT2D eigenvalue weighted by atomic mass is 9.62. The molecule has 1 unspecified atom stereocenters. The van der Waals surface area contributed by atoms with Crippen molar-refractivity contribution in [2.45, 2.75) is 66.9 Å². The minimum Gasteiger partial charge on any atom is -0.478 e. The predicted molar refractivity (Wildman–Crippen MR) is 112 cm³/mol. The van der Waals surface area contributed by atoms with Crippen LogP contribution < -0.4 is 0 Å². The van der Waals surface area contributed by atoms with Crippen molar-refractivity contribution in [3.05, 3.63) is 11.1 Å². The molecule has 26 heavy (non-hydrogen) atoms. The van der Waals surface area contributed by atoms with Gasteiger partial charge in [-0.25, -0.2) is 9.59 Å². The number of carboxylic acid groups (broad SMARTS) is 2. The second-order valence-electron chi connectivity index (χ2n) is 9.07. The lowest BCUT2D eigenvalue weighted by Gasteiger charge is -2.49. The van der Waals surface area contributed by atoms with Crippen LogP contribution in [0.3, 0.4) is 0 Å². The van der Waals surface area contributed by atoms with Gasteiger partial charge in [0.05, 0.1) is 16.9 Å². The number of hydrogen-bond donors (Lipinski definition) is 2. The average molecular weight is 421 g/mol. The van der Waals surface area contributed by atoms with Gasteiger partial charge in [-0.2, -0.15) is 0 Å². The fourth-order valence-corrected chi connectivity index (χ4v) is 8.11. The van der Waals surface area contributed by atoms with Gasteiger partial charge in [-0.3, -0.25) is 0 Å². The van der Waals surface area contributed by atoms with Gasteiger partial charge in [-0.05, 0) is 31.0 Å². The summed E-state index contributed by atoms with van der Waals surface area (Å²) in [6.45, 7) is 17.2. The van der Waals surface area contributed by atoms with E-state index in [2.05, 4.69) is 19.6 Å². The van der Waals surface area contributed by atoms with Crippen molar-refractivity contribution in [2.24, 2.45) is 16.7 Å². The first kappa shape index (κ1) is 25.3. The molecule has 0 fully saturated rings. The zero-order valence-electron chi connectivity index (χ0n) is 17.9. The summed E-state index contributed by atoms with van der Waals surface area (Å²) in [5.74, 6) is -2.77. The number of rotatable bonds is 10. The fraction of sp³-hybridized carbons (Fsp3) is 0.765. The van der Waals surface area contributed by atoms with E-state index < -0.39 is 46.8 Å². The van der Waals surface area contributed by atoms with Crippen LogP contribution in [0.2, 0.25) is 19.6 Å². The Labute approximate surface area is 164 Å². The van der Waals surface area contributed by atoms with Crippen molar-refractivity contribution in [1.29, 1.82) is 0 Å². The molecular formula is C17H36O6Si3. The summed E-state index contributed by atoms with van der Waals surface area (Å²) in [6, 6.07) is 0. The molecule has 0 amide bonds. The summed E-state index contributed by atoms with van der Waals surface area (Å²) in [5.41, 5.74) is -1.81. The third-order valence-corrected chi connectivity index (χ3v) is 9.29. The van der Waals surface area contributed by atoms with Gasteiger partial charge in [0.25, 0.3) is 0 Å². The van der Waals surface area contributed by atoms with E-state index >= 15 is 0 Å². The van der Waals surface area contributed by atoms with Gasteiger partial charge in [0.1, 0.15) is 10.5 Å². The number of carbonyl (C=O) groups is 2. The highest BCUT2D eigenvalue weighted by Gasteiger charge is 2.50. The minimum atomic E-state index is -1.89. The highest BCUT2D eigenvalue weighted by molar-refractivity contribution is 6.70. The molecule has 0 saturated carbocycles. The van der Waals surface area contributed by atoms with Crippen LogP contribution in [0.5, 0.6) is 0 Å². The maximum absolute atomic E-state index is 12.1. The first-order valence-corrected chi connectivity index (χ1v) is 14.5. The third-order valence-electron chi connectivity index (χ3n) is 5.15. The van der Waals surface area contributed by atoms with Crippen molar-refractivity contribution >= 4 is 40.5 Å². The molecule has 6 nitrogen and oxygen atoms in total. The van der Waals surface area contributed by atoms with Crippen LogP contribution in [0.25, 0.3) is 0 Å². The molecular weight excluding hydrogens is 384 g/mol. The maximum atomic E-state index is 12.1. The van der Waals surface area contributed by atoms with E-state index in [1.165, 1.54) is 0 Å². The highest BCUT2D eigenvalue weighted by atomic mass is 28.4. The molecule has 0 radical (unpaired) electrons. The summed E-state index contributed by atoms with van der Waals surface area (Å²) < 4.78 is 12.0. The summed E-state index contributed by atoms with van der Waals surface area (Å²) in [7, 11) is -2.32. The zero-order chi connectivity index (χ0) is 21.1. The summed E-state index contributed by atoms with van der Waals surface area (Å²) in [6.07, 6.45) is 0. The van der Waals surface area contributed by atoms with E-state index in [0.717, 1.165) is 0 Å². The molecule has 0 aliphatic rings. The molecule has 9 heteroatoms. The molecule has 0 aromatic heterocycles. The molecule has 0 aliphatic carbocycles. The van der Waals surface area contributed by atoms with Crippen LogP contribution in [0.4, 0.5) is 0 Å². The van der Waals surface area contributed by atoms with E-state index in [9.17, 15) is 19.8 Å². The van der Waals surface area contributed by atoms with Crippen LogP contribution in [-0.4, -0.2) is 56.4 Å². The molecule has 1 atom stereocenters. The molecule has 0 spiro atoms. The van der Waals surface area contributed by atoms with Crippen LogP contribution in [0.15, 0.2) is 11.1 Å². The Hall–Kier alpha value is -0.749. The topological polar surface area (TPSA) is 93.1 Å². The smallest absolute Gasteiger partial charge is 0.332 e. The van der Waals surface area contributed by atoms with Gasteiger partial charge < -0.3 is 18.8 Å². The Morgan fingerprint density at radius 2 is 1.50 bits per heavy atom. The van der Waals surface area contributed by atoms with Gasteiger partial charge >= 0.3 is 11.9 Å². The van der Waals surface area contributed by atoms with E-state index in [4.69, 9.17) is 8.54 Å². The van der Waals surface area contributed by atoms with Crippen molar-refractivity contribution in [3.63, 3.8) is 0 Å². The molecule has 0 aromatic carbocycles. The van der Waals surface area contributed by atoms with Gasteiger partial charge in [0.2, 0.25) is 0 Å². The van der Waals surface area contributed by atoms with E-state index in [0.29, 0.717) is 10.5 Å². The summed E-state index contributed by atoms with van der Waals surface area (Å²) >= 11 is 0. The number of aliphatic carboxylic acids is 2. The zero-order valence-corrected chi connectivity index (χ0v) is 22.3. The Balaban J connectivity index is 6.54. The van der Waals surface area contributed by atoms with Gasteiger partial charge in [0, 0.05) is 5.41 Å². The minimum absolute atomic E-state index is 0.0449. The van der Waals surface area contributed by atoms with E-state index in [-0.39, 0.29) is 16.9 Å². The molecule has 2 N–H and O–H groups in total. The SMILES string of the molecule is CC(C)/C(C(=O)O)=C(\C(=O)O)C(C)(C)C(C)(C)C(O[Si](C)(C)C)[SiH2]O[SiH3]. The Bertz CT molecular complexity index is 561. The van der Waals surface area contributed by atoms with Crippen molar-refractivity contribution in [1.82, 2.24) is 0 Å². The predicted octanol–water partition coefficient (Wildman–Crippen LogP) is 1.72. The van der Waals surface area contributed by atoms with Crippen LogP contribution in [-0.2, 0) is 18.1 Å². The molecule has 0 aliphatic heterocycles. The Morgan fingerprint density at radius 1 is 1.04 bits per heavy atom. The molecule has 0 rings (SSSR count). The maximum Gasteiger partial charge on any atom is 0.332 e. The molecule has 0 heterocycles. The first-order chi connectivity index (χ1) is 11.5. The quantitative estimate of drug-likeness (QED) is 0.413. The molecule has 0 aromatic rings. The Kier molecular flexibility index (Phi) is 8.70. The normalized spacial score (nSPS) is 16.2. The van der Waals surface area contributed by atoms with Crippen LogP contribution >= 0.6 is 0 Å². The monoisotopic (exact) mass is 420 g/mol. The van der Waals surface area contributed by atoms with Crippen molar-refractivity contribution in [3.8, 4) is 0 Å². The van der Waals surface area contributed by atoms with E-state index in [1.807, 2.05) is 27.7 Å². The van der Waals surface area contributed by atoms with Gasteiger partial charge in [0.15, 0.2) is 18.1 Å². The van der Waals surface area contributed by atoms with Crippen molar-refractivity contribution < 1.29 is 28.3 Å². The standard InChI is InChI=1S/C17H36O6Si3/c1-10(2)11(13(18)19)12(14(20)21)16(3,4)17(5,6)15(25-23-24)22-26(7,8)9/h10,15H,25H2,1-9,24H3,(H,18,19)(H,20,21)/b12-11-. The highest BCUT2D eigenvalue weighted by Crippen LogP contribution is 2.49. The summed E-state index contributed by atoms with van der Waals surface area (Å²) in [5, 5.41) is 19.6. The third kappa shape index (κ3) is 5.88. The Morgan fingerprint density at radius 3 is 1.77 bits per heavy atom. The fourth-order valence-electron chi connectivity index (χ4n) is 3.05. The number of carboxylic acids is 2. The second-order valence-corrected chi connectivity index (χ2v) is 16.9. The largest absolute Gasteiger partial charge is 0.478 e. The number of hydrogen-bond acceptors (Lipinski definition) is 4. The average Bonchev–Trinajstić information content (AvgIpc) is 2.40. The van der Waals surface area contributed by atoms with Crippen molar-refractivity contribution in [2.75, 3.05) is 0 Å². The van der Waals surface area contributed by atoms with Crippen LogP contribution in [0, 0.1) is 16.7 Å². The van der Waals surface area contributed by atoms with Crippen LogP contribution in [0.1, 0.15) is 41.5 Å². The van der Waals surface area contributed by atoms with Gasteiger partial charge in [-0.15, -0.1) is 0 Å². The lowest BCUT2D eigenvalue weighted by Crippen LogP contribution is -2.53. The second kappa shape index (κ2) is 8.96. The molecule has 0 bridgehead atoms. The molecule has 152 valence electrons. The molecule has 0 saturated heterocycles. The summed E-state index contributed by atoms with van der Waals surface area (Å²) in [4.78, 5) is 24.0. The van der Waals surface area contributed by atoms with Gasteiger partial charge in [-0.1, -0.05) is 41.5 Å².